The topological polar surface area (TPSA) is 52.1 Å². The third-order valence-electron chi connectivity index (χ3n) is 3.44. The van der Waals surface area contributed by atoms with Gasteiger partial charge >= 0.3 is 5.97 Å². The predicted octanol–water partition coefficient (Wildman–Crippen LogP) is 3.98. The van der Waals surface area contributed by atoms with Crippen LogP contribution in [0.1, 0.15) is 21.5 Å². The summed E-state index contributed by atoms with van der Waals surface area (Å²) >= 11 is 0. The Labute approximate surface area is 134 Å². The van der Waals surface area contributed by atoms with Crippen molar-refractivity contribution in [3.05, 3.63) is 77.6 Å². The molecule has 0 amide bonds. The molecule has 0 aliphatic carbocycles. The second-order valence-electron chi connectivity index (χ2n) is 5.36. The van der Waals surface area contributed by atoms with Crippen molar-refractivity contribution in [2.75, 3.05) is 0 Å². The average molecular weight is 304 g/mol. The van der Waals surface area contributed by atoms with Gasteiger partial charge in [-0.2, -0.15) is 0 Å². The van der Waals surface area contributed by atoms with Crippen LogP contribution in [0.4, 0.5) is 0 Å². The number of hydrogen-bond donors (Lipinski definition) is 0. The third-order valence-corrected chi connectivity index (χ3v) is 3.44. The van der Waals surface area contributed by atoms with Crippen molar-refractivity contribution in [3.63, 3.8) is 0 Å². The van der Waals surface area contributed by atoms with Gasteiger partial charge in [0.2, 0.25) is 0 Å². The maximum Gasteiger partial charge on any atom is 0.343 e. The molecule has 0 unspecified atom stereocenters. The van der Waals surface area contributed by atoms with E-state index >= 15 is 0 Å². The van der Waals surface area contributed by atoms with Crippen molar-refractivity contribution in [2.45, 2.75) is 13.8 Å². The van der Waals surface area contributed by atoms with Gasteiger partial charge in [0.25, 0.3) is 0 Å². The van der Waals surface area contributed by atoms with E-state index in [1.807, 2.05) is 50.2 Å². The summed E-state index contributed by atoms with van der Waals surface area (Å²) in [6.45, 7) is 3.99. The molecule has 0 spiro atoms. The summed E-state index contributed by atoms with van der Waals surface area (Å²) in [6.07, 6.45) is 3.02. The van der Waals surface area contributed by atoms with E-state index in [0.29, 0.717) is 17.1 Å². The Balaban J connectivity index is 1.73. The first-order valence-electron chi connectivity index (χ1n) is 7.30. The van der Waals surface area contributed by atoms with Crippen molar-refractivity contribution >= 4 is 5.97 Å². The lowest BCUT2D eigenvalue weighted by Gasteiger charge is -2.05. The fourth-order valence-corrected chi connectivity index (χ4v) is 2.08. The van der Waals surface area contributed by atoms with Crippen molar-refractivity contribution < 1.29 is 9.53 Å². The Morgan fingerprint density at radius 1 is 0.826 bits per heavy atom. The van der Waals surface area contributed by atoms with E-state index in [1.54, 1.807) is 12.1 Å². The first-order valence-corrected chi connectivity index (χ1v) is 7.30. The highest BCUT2D eigenvalue weighted by atomic mass is 16.5. The number of ether oxygens (including phenoxy) is 1. The first kappa shape index (κ1) is 14.9. The monoisotopic (exact) mass is 304 g/mol. The van der Waals surface area contributed by atoms with E-state index in [2.05, 4.69) is 9.97 Å². The number of carbonyl (C=O) groups is 1. The van der Waals surface area contributed by atoms with Gasteiger partial charge in [-0.15, -0.1) is 0 Å². The molecular formula is C19H16N2O2. The van der Waals surface area contributed by atoms with Crippen molar-refractivity contribution in [1.82, 2.24) is 9.97 Å². The summed E-state index contributed by atoms with van der Waals surface area (Å²) in [5.41, 5.74) is 3.69. The SMILES string of the molecule is Cc1ccc(C(=O)Oc2cnc(-c3ccc(C)cc3)nc2)cc1. The molecule has 114 valence electrons. The van der Waals surface area contributed by atoms with Gasteiger partial charge in [-0.25, -0.2) is 14.8 Å². The Morgan fingerprint density at radius 2 is 1.35 bits per heavy atom. The lowest BCUT2D eigenvalue weighted by Crippen LogP contribution is -2.08. The van der Waals surface area contributed by atoms with Crippen LogP contribution in [0, 0.1) is 13.8 Å². The summed E-state index contributed by atoms with van der Waals surface area (Å²) in [6, 6.07) is 15.1. The van der Waals surface area contributed by atoms with Crippen LogP contribution in [0.5, 0.6) is 5.75 Å². The van der Waals surface area contributed by atoms with Gasteiger partial charge in [0.15, 0.2) is 11.6 Å². The molecule has 4 nitrogen and oxygen atoms in total. The minimum atomic E-state index is -0.420. The molecule has 0 saturated carbocycles. The summed E-state index contributed by atoms with van der Waals surface area (Å²) in [5.74, 6) is 0.503. The molecule has 0 bridgehead atoms. The van der Waals surface area contributed by atoms with Crippen LogP contribution in [-0.2, 0) is 0 Å². The molecule has 0 saturated heterocycles. The predicted molar refractivity (Wildman–Crippen MR) is 88.3 cm³/mol. The van der Waals surface area contributed by atoms with Crippen LogP contribution in [0.3, 0.4) is 0 Å². The zero-order chi connectivity index (χ0) is 16.2. The largest absolute Gasteiger partial charge is 0.420 e. The highest BCUT2D eigenvalue weighted by Gasteiger charge is 2.09. The Kier molecular flexibility index (Phi) is 4.15. The summed E-state index contributed by atoms with van der Waals surface area (Å²) in [7, 11) is 0. The summed E-state index contributed by atoms with van der Waals surface area (Å²) < 4.78 is 5.29. The van der Waals surface area contributed by atoms with Crippen molar-refractivity contribution in [3.8, 4) is 17.1 Å². The fourth-order valence-electron chi connectivity index (χ4n) is 2.08. The van der Waals surface area contributed by atoms with E-state index in [-0.39, 0.29) is 0 Å². The highest BCUT2D eigenvalue weighted by molar-refractivity contribution is 5.91. The van der Waals surface area contributed by atoms with Crippen LogP contribution >= 0.6 is 0 Å². The average Bonchev–Trinajstić information content (AvgIpc) is 2.57. The number of hydrogen-bond acceptors (Lipinski definition) is 4. The molecule has 4 heteroatoms. The molecule has 2 aromatic carbocycles. The number of esters is 1. The molecule has 3 aromatic rings. The third kappa shape index (κ3) is 3.61. The van der Waals surface area contributed by atoms with E-state index in [1.165, 1.54) is 18.0 Å². The van der Waals surface area contributed by atoms with Gasteiger partial charge in [0, 0.05) is 5.56 Å². The van der Waals surface area contributed by atoms with Crippen LogP contribution in [0.2, 0.25) is 0 Å². The molecule has 1 aromatic heterocycles. The Hall–Kier alpha value is -3.01. The number of carbonyl (C=O) groups excluding carboxylic acids is 1. The number of benzene rings is 2. The second kappa shape index (κ2) is 6.40. The highest BCUT2D eigenvalue weighted by Crippen LogP contribution is 2.18. The molecular weight excluding hydrogens is 288 g/mol. The van der Waals surface area contributed by atoms with Crippen LogP contribution in [0.25, 0.3) is 11.4 Å². The molecule has 0 aliphatic heterocycles. The molecule has 0 aliphatic rings. The van der Waals surface area contributed by atoms with Gasteiger partial charge in [0.05, 0.1) is 18.0 Å². The summed E-state index contributed by atoms with van der Waals surface area (Å²) in [4.78, 5) is 20.5. The molecule has 0 radical (unpaired) electrons. The lowest BCUT2D eigenvalue weighted by atomic mass is 10.1. The van der Waals surface area contributed by atoms with Crippen LogP contribution < -0.4 is 4.74 Å². The minimum absolute atomic E-state index is 0.325. The molecule has 0 atom stereocenters. The Bertz CT molecular complexity index is 807. The normalized spacial score (nSPS) is 10.3. The first-order chi connectivity index (χ1) is 11.1. The van der Waals surface area contributed by atoms with Gasteiger partial charge in [0.1, 0.15) is 0 Å². The van der Waals surface area contributed by atoms with Crippen LogP contribution in [-0.4, -0.2) is 15.9 Å². The van der Waals surface area contributed by atoms with Crippen LogP contribution in [0.15, 0.2) is 60.9 Å². The standard InChI is InChI=1S/C19H16N2O2/c1-13-3-7-15(8-4-13)18-20-11-17(12-21-18)23-19(22)16-9-5-14(2)6-10-16/h3-12H,1-2H3. The van der Waals surface area contributed by atoms with E-state index in [4.69, 9.17) is 4.74 Å². The van der Waals surface area contributed by atoms with E-state index in [9.17, 15) is 4.79 Å². The maximum atomic E-state index is 12.0. The molecule has 23 heavy (non-hydrogen) atoms. The van der Waals surface area contributed by atoms with Crippen molar-refractivity contribution in [2.24, 2.45) is 0 Å². The number of nitrogens with zero attached hydrogens (tertiary/aromatic N) is 2. The molecule has 0 N–H and O–H groups in total. The molecule has 3 rings (SSSR count). The maximum absolute atomic E-state index is 12.0. The van der Waals surface area contributed by atoms with Gasteiger partial charge in [-0.1, -0.05) is 47.5 Å². The molecule has 1 heterocycles. The van der Waals surface area contributed by atoms with E-state index < -0.39 is 5.97 Å². The van der Waals surface area contributed by atoms with Gasteiger partial charge in [-0.05, 0) is 26.0 Å². The lowest BCUT2D eigenvalue weighted by molar-refractivity contribution is 0.0733. The fraction of sp³-hybridized carbons (Fsp3) is 0.105. The van der Waals surface area contributed by atoms with Gasteiger partial charge in [-0.3, -0.25) is 0 Å². The Morgan fingerprint density at radius 3 is 1.91 bits per heavy atom. The quantitative estimate of drug-likeness (QED) is 0.687. The zero-order valence-corrected chi connectivity index (χ0v) is 13.0. The van der Waals surface area contributed by atoms with Gasteiger partial charge < -0.3 is 4.74 Å². The zero-order valence-electron chi connectivity index (χ0n) is 13.0. The van der Waals surface area contributed by atoms with Crippen molar-refractivity contribution in [1.29, 1.82) is 0 Å². The van der Waals surface area contributed by atoms with E-state index in [0.717, 1.165) is 11.1 Å². The molecule has 0 fully saturated rings. The number of aryl methyl sites for hydroxylation is 2. The second-order valence-corrected chi connectivity index (χ2v) is 5.36. The smallest absolute Gasteiger partial charge is 0.343 e. The minimum Gasteiger partial charge on any atom is -0.420 e. The summed E-state index contributed by atoms with van der Waals surface area (Å²) in [5, 5.41) is 0. The number of aromatic nitrogens is 2. The number of rotatable bonds is 3.